The van der Waals surface area contributed by atoms with Gasteiger partial charge < -0.3 is 10.2 Å². The molecule has 1 aromatic carbocycles. The van der Waals surface area contributed by atoms with Crippen molar-refractivity contribution in [1.29, 1.82) is 5.26 Å². The van der Waals surface area contributed by atoms with E-state index < -0.39 is 92.8 Å². The molecule has 40 heavy (non-hydrogen) atoms. The van der Waals surface area contributed by atoms with E-state index in [-0.39, 0.29) is 5.56 Å². The third-order valence-electron chi connectivity index (χ3n) is 7.72. The summed E-state index contributed by atoms with van der Waals surface area (Å²) in [5.74, 6) is -7.46. The number of rotatable bonds is 6. The molecule has 0 bridgehead atoms. The van der Waals surface area contributed by atoms with Gasteiger partial charge in [-0.1, -0.05) is 6.07 Å². The van der Waals surface area contributed by atoms with Gasteiger partial charge in [-0.15, -0.1) is 0 Å². The van der Waals surface area contributed by atoms with E-state index in [0.29, 0.717) is 24.5 Å². The van der Waals surface area contributed by atoms with Crippen molar-refractivity contribution in [2.75, 3.05) is 13.1 Å². The number of aryl methyl sites for hydroxylation is 1. The summed E-state index contributed by atoms with van der Waals surface area (Å²) in [7, 11) is -3.18. The van der Waals surface area contributed by atoms with Crippen LogP contribution in [0.4, 0.5) is 22.0 Å². The summed E-state index contributed by atoms with van der Waals surface area (Å²) >= 11 is 0. The van der Waals surface area contributed by atoms with Crippen LogP contribution in [-0.4, -0.2) is 64.7 Å². The average molecular weight is 586 g/mol. The average Bonchev–Trinajstić information content (AvgIpc) is 3.26. The quantitative estimate of drug-likeness (QED) is 0.520. The molecule has 3 fully saturated rings. The van der Waals surface area contributed by atoms with E-state index >= 15 is 0 Å². The highest BCUT2D eigenvalue weighted by Gasteiger charge is 2.55. The van der Waals surface area contributed by atoms with Crippen LogP contribution >= 0.6 is 0 Å². The molecule has 0 spiro atoms. The first-order valence-electron chi connectivity index (χ1n) is 12.4. The first kappa shape index (κ1) is 28.0. The number of nitriles is 1. The van der Waals surface area contributed by atoms with Crippen LogP contribution in [0.15, 0.2) is 35.5 Å². The van der Waals surface area contributed by atoms with Gasteiger partial charge in [-0.25, -0.2) is 17.2 Å². The van der Waals surface area contributed by atoms with Crippen LogP contribution in [0.25, 0.3) is 11.1 Å². The summed E-state index contributed by atoms with van der Waals surface area (Å²) in [5.41, 5.74) is -2.15. The van der Waals surface area contributed by atoms with Gasteiger partial charge in [0.05, 0.1) is 52.9 Å². The minimum Gasteiger partial charge on any atom is -0.338 e. The second-order valence-corrected chi connectivity index (χ2v) is 12.9. The van der Waals surface area contributed by atoms with E-state index in [4.69, 9.17) is 0 Å². The number of sulfone groups is 1. The molecular formula is C25H24F5N5O4S. The standard InChI is InChI=1S/C25H24F5N5O4S/c1-34-10-15(9-32-34)14-2-3-20(19(6-14)25(28,29)30)40(38,39)16-7-17(21(36)33-23(11-31)4-5-23)18(8-16)22(37)35-12-24(26,27)13-35/h2-3,6,9-10,16-18H,4-5,7-8,12-13H2,1H3,(H,33,36)/t16-,17-,18-/m1/s1. The van der Waals surface area contributed by atoms with Gasteiger partial charge in [-0.3, -0.25) is 14.3 Å². The lowest BCUT2D eigenvalue weighted by atomic mass is 9.92. The van der Waals surface area contributed by atoms with Gasteiger partial charge >= 0.3 is 6.18 Å². The molecule has 15 heteroatoms. The van der Waals surface area contributed by atoms with Gasteiger partial charge in [0, 0.05) is 18.8 Å². The zero-order chi connectivity index (χ0) is 29.3. The van der Waals surface area contributed by atoms with Crippen molar-refractivity contribution in [3.8, 4) is 17.2 Å². The van der Waals surface area contributed by atoms with E-state index in [9.17, 15) is 45.2 Å². The minimum atomic E-state index is -5.06. The van der Waals surface area contributed by atoms with Crippen molar-refractivity contribution in [3.05, 3.63) is 36.2 Å². The number of carbonyl (C=O) groups is 2. The van der Waals surface area contributed by atoms with Gasteiger partial charge in [-0.2, -0.15) is 23.5 Å². The monoisotopic (exact) mass is 585 g/mol. The SMILES string of the molecule is Cn1cc(-c2ccc(S(=O)(=O)[C@@H]3C[C@@H](C(=O)NC4(C#N)CC4)[C@H](C(=O)N4CC(F)(F)C4)C3)c(C(F)(F)F)c2)cn1. The smallest absolute Gasteiger partial charge is 0.338 e. The molecule has 1 saturated heterocycles. The largest absolute Gasteiger partial charge is 0.417 e. The fourth-order valence-electron chi connectivity index (χ4n) is 5.36. The zero-order valence-corrected chi connectivity index (χ0v) is 21.9. The van der Waals surface area contributed by atoms with Crippen LogP contribution in [0.2, 0.25) is 0 Å². The van der Waals surface area contributed by atoms with Gasteiger partial charge in [0.2, 0.25) is 11.8 Å². The maximum atomic E-state index is 14.1. The Morgan fingerprint density at radius 3 is 2.30 bits per heavy atom. The molecule has 2 aromatic rings. The third kappa shape index (κ3) is 5.04. The first-order valence-corrected chi connectivity index (χ1v) is 13.9. The van der Waals surface area contributed by atoms with E-state index in [0.717, 1.165) is 11.0 Å². The van der Waals surface area contributed by atoms with Crippen molar-refractivity contribution in [2.24, 2.45) is 18.9 Å². The molecule has 9 nitrogen and oxygen atoms in total. The van der Waals surface area contributed by atoms with Crippen LogP contribution in [0.1, 0.15) is 31.2 Å². The molecule has 5 rings (SSSR count). The fourth-order valence-corrected chi connectivity index (χ4v) is 7.38. The summed E-state index contributed by atoms with van der Waals surface area (Å²) < 4.78 is 98.0. The van der Waals surface area contributed by atoms with Crippen molar-refractivity contribution in [3.63, 3.8) is 0 Å². The van der Waals surface area contributed by atoms with Crippen LogP contribution in [-0.2, 0) is 32.7 Å². The van der Waals surface area contributed by atoms with E-state index in [1.807, 2.05) is 6.07 Å². The van der Waals surface area contributed by atoms with Crippen LogP contribution < -0.4 is 5.32 Å². The van der Waals surface area contributed by atoms with E-state index in [1.165, 1.54) is 23.1 Å². The highest BCUT2D eigenvalue weighted by molar-refractivity contribution is 7.92. The molecule has 2 heterocycles. The molecule has 3 aliphatic rings. The summed E-state index contributed by atoms with van der Waals surface area (Å²) in [4.78, 5) is 26.0. The van der Waals surface area contributed by atoms with Gasteiger partial charge in [0.1, 0.15) is 5.54 Å². The Kier molecular flexibility index (Phi) is 6.48. The van der Waals surface area contributed by atoms with Crippen molar-refractivity contribution in [1.82, 2.24) is 20.0 Å². The molecule has 214 valence electrons. The number of hydrogen-bond acceptors (Lipinski definition) is 6. The summed E-state index contributed by atoms with van der Waals surface area (Å²) in [6, 6.07) is 4.71. The number of nitrogens with zero attached hydrogens (tertiary/aromatic N) is 4. The van der Waals surface area contributed by atoms with Crippen molar-refractivity contribution < 1.29 is 40.0 Å². The molecule has 0 radical (unpaired) electrons. The number of halogens is 5. The number of hydrogen-bond donors (Lipinski definition) is 1. The van der Waals surface area contributed by atoms with Gasteiger partial charge in [-0.05, 0) is 43.4 Å². The summed E-state index contributed by atoms with van der Waals surface area (Å²) in [6.45, 7) is -1.80. The first-order chi connectivity index (χ1) is 18.6. The zero-order valence-electron chi connectivity index (χ0n) is 21.1. The predicted octanol–water partition coefficient (Wildman–Crippen LogP) is 2.92. The molecule has 1 aromatic heterocycles. The molecule has 1 aliphatic heterocycles. The Labute approximate surface area is 225 Å². The fraction of sp³-hybridized carbons (Fsp3) is 0.520. The lowest BCUT2D eigenvalue weighted by Gasteiger charge is -2.40. The normalized spacial score (nSPS) is 25.1. The molecule has 3 atom stereocenters. The second kappa shape index (κ2) is 9.25. The highest BCUT2D eigenvalue weighted by Crippen LogP contribution is 2.45. The Bertz CT molecular complexity index is 1520. The molecule has 2 amide bonds. The third-order valence-corrected chi connectivity index (χ3v) is 9.96. The molecule has 2 aliphatic carbocycles. The van der Waals surface area contributed by atoms with Gasteiger partial charge in [0.15, 0.2) is 9.84 Å². The molecular weight excluding hydrogens is 561 g/mol. The lowest BCUT2D eigenvalue weighted by Crippen LogP contribution is -2.60. The second-order valence-electron chi connectivity index (χ2n) is 10.7. The van der Waals surface area contributed by atoms with Gasteiger partial charge in [0.25, 0.3) is 5.92 Å². The Morgan fingerprint density at radius 2 is 1.77 bits per heavy atom. The minimum absolute atomic E-state index is 0.0843. The predicted molar refractivity (Wildman–Crippen MR) is 128 cm³/mol. The number of nitrogens with one attached hydrogen (secondary N) is 1. The Balaban J connectivity index is 1.48. The Morgan fingerprint density at radius 1 is 1.12 bits per heavy atom. The Hall–Kier alpha value is -3.54. The number of benzene rings is 1. The van der Waals surface area contributed by atoms with E-state index in [2.05, 4.69) is 10.4 Å². The number of alkyl halides is 5. The van der Waals surface area contributed by atoms with Crippen LogP contribution in [0.5, 0.6) is 0 Å². The summed E-state index contributed by atoms with van der Waals surface area (Å²) in [5, 5.41) is 14.2. The highest BCUT2D eigenvalue weighted by atomic mass is 32.2. The number of carbonyl (C=O) groups excluding carboxylic acids is 2. The maximum Gasteiger partial charge on any atom is 0.417 e. The molecule has 0 unspecified atom stereocenters. The maximum absolute atomic E-state index is 14.1. The number of aromatic nitrogens is 2. The number of amides is 2. The topological polar surface area (TPSA) is 125 Å². The van der Waals surface area contributed by atoms with E-state index in [1.54, 1.807) is 7.05 Å². The molecule has 1 N–H and O–H groups in total. The molecule has 2 saturated carbocycles. The van der Waals surface area contributed by atoms with Crippen LogP contribution in [0, 0.1) is 23.2 Å². The lowest BCUT2D eigenvalue weighted by molar-refractivity contribution is -0.171. The van der Waals surface area contributed by atoms with Crippen molar-refractivity contribution >= 4 is 21.7 Å². The van der Waals surface area contributed by atoms with Crippen LogP contribution in [0.3, 0.4) is 0 Å². The number of likely N-dealkylation sites (tertiary alicyclic amines) is 1. The van der Waals surface area contributed by atoms with Crippen molar-refractivity contribution in [2.45, 2.75) is 53.5 Å². The summed E-state index contributed by atoms with van der Waals surface area (Å²) in [6.07, 6.45) is -2.60.